The van der Waals surface area contributed by atoms with Crippen LogP contribution >= 0.6 is 0 Å². The quantitative estimate of drug-likeness (QED) is 0.0881. The highest BCUT2D eigenvalue weighted by atomic mass is 16.5. The molecule has 0 aliphatic heterocycles. The Labute approximate surface area is 228 Å². The van der Waals surface area contributed by atoms with Crippen molar-refractivity contribution >= 4 is 0 Å². The van der Waals surface area contributed by atoms with Gasteiger partial charge in [0.2, 0.25) is 0 Å². The predicted molar refractivity (Wildman–Crippen MR) is 157 cm³/mol. The number of rotatable bonds is 22. The monoisotopic (exact) mass is 522 g/mol. The Morgan fingerprint density at radius 3 is 1.65 bits per heavy atom. The van der Waals surface area contributed by atoms with Gasteiger partial charge < -0.3 is 29.2 Å². The molecule has 0 unspecified atom stereocenters. The second kappa shape index (κ2) is 18.0. The van der Waals surface area contributed by atoms with Gasteiger partial charge in [-0.2, -0.15) is 0 Å². The summed E-state index contributed by atoms with van der Waals surface area (Å²) < 4.78 is 12.0. The molecule has 0 radical (unpaired) electrons. The second-order valence-electron chi connectivity index (χ2n) is 11.7. The summed E-state index contributed by atoms with van der Waals surface area (Å²) in [7, 11) is 6.69. The number of hydrogen-bond donors (Lipinski definition) is 0. The number of unbranched alkanes of at least 4 members (excludes halogenated alkanes) is 10. The Balaban J connectivity index is 3.19. The number of ether oxygens (including phenoxy) is 2. The molecule has 1 rings (SSSR count). The number of quaternary nitrogens is 2. The lowest BCUT2D eigenvalue weighted by molar-refractivity contribution is -0.854. The Hall–Kier alpha value is -1.34. The molecule has 1 aromatic rings. The SMILES string of the molecule is CCCCCCCCOc1cc(CC)c(CC[N+](C)(C)[O-])c(C[N+](C)(C)[O-])c1OCCCCCCCC. The summed E-state index contributed by atoms with van der Waals surface area (Å²) in [6.45, 7) is 8.63. The zero-order valence-electron chi connectivity index (χ0n) is 25.3. The van der Waals surface area contributed by atoms with Gasteiger partial charge in [0.25, 0.3) is 0 Å². The van der Waals surface area contributed by atoms with Gasteiger partial charge in [0.15, 0.2) is 11.5 Å². The summed E-state index contributed by atoms with van der Waals surface area (Å²) in [4.78, 5) is 0. The van der Waals surface area contributed by atoms with Gasteiger partial charge in [-0.25, -0.2) is 0 Å². The third-order valence-electron chi connectivity index (χ3n) is 6.87. The fraction of sp³-hybridized carbons (Fsp3) is 0.806. The van der Waals surface area contributed by atoms with Crippen LogP contribution in [0.25, 0.3) is 0 Å². The molecular formula is C31H58N2O4. The zero-order valence-corrected chi connectivity index (χ0v) is 25.3. The van der Waals surface area contributed by atoms with E-state index in [1.165, 1.54) is 57.8 Å². The second-order valence-corrected chi connectivity index (χ2v) is 11.7. The highest BCUT2D eigenvalue weighted by Crippen LogP contribution is 2.39. The smallest absolute Gasteiger partial charge is 0.170 e. The fourth-order valence-corrected chi connectivity index (χ4v) is 4.73. The Bertz CT molecular complexity index is 738. The standard InChI is InChI=1S/C31H58N2O4/c1-8-11-13-15-17-19-23-36-30-25-27(10-3)28(21-22-32(4,5)34)29(26-33(6,7)35)31(30)37-24-20-18-16-14-12-9-2/h25H,8-24,26H2,1-7H3. The van der Waals surface area contributed by atoms with Crippen molar-refractivity contribution in [2.24, 2.45) is 0 Å². The first kappa shape index (κ1) is 33.7. The van der Waals surface area contributed by atoms with Crippen molar-refractivity contribution in [3.05, 3.63) is 33.2 Å². The van der Waals surface area contributed by atoms with Gasteiger partial charge in [-0.1, -0.05) is 85.0 Å². The molecule has 0 aliphatic rings. The average molecular weight is 523 g/mol. The normalized spacial score (nSPS) is 12.2. The minimum absolute atomic E-state index is 0.300. The summed E-state index contributed by atoms with van der Waals surface area (Å²) in [5, 5.41) is 25.4. The highest BCUT2D eigenvalue weighted by molar-refractivity contribution is 5.54. The molecule has 0 spiro atoms. The minimum atomic E-state index is -0.444. The van der Waals surface area contributed by atoms with Crippen LogP contribution in [-0.4, -0.2) is 57.2 Å². The Morgan fingerprint density at radius 2 is 1.16 bits per heavy atom. The van der Waals surface area contributed by atoms with Crippen LogP contribution in [0, 0.1) is 10.4 Å². The number of aryl methyl sites for hydroxylation is 1. The van der Waals surface area contributed by atoms with Gasteiger partial charge in [-0.05, 0) is 36.5 Å². The molecule has 216 valence electrons. The van der Waals surface area contributed by atoms with Crippen molar-refractivity contribution in [1.29, 1.82) is 0 Å². The van der Waals surface area contributed by atoms with Crippen LogP contribution in [-0.2, 0) is 19.4 Å². The third-order valence-corrected chi connectivity index (χ3v) is 6.87. The molecule has 0 aromatic heterocycles. The van der Waals surface area contributed by atoms with Crippen molar-refractivity contribution in [2.45, 2.75) is 117 Å². The first-order chi connectivity index (χ1) is 17.5. The van der Waals surface area contributed by atoms with Crippen LogP contribution in [0.3, 0.4) is 0 Å². The molecule has 0 atom stereocenters. The molecule has 0 amide bonds. The fourth-order valence-electron chi connectivity index (χ4n) is 4.73. The Kier molecular flexibility index (Phi) is 16.4. The predicted octanol–water partition coefficient (Wildman–Crippen LogP) is 7.92. The maximum Gasteiger partial charge on any atom is 0.170 e. The topological polar surface area (TPSA) is 64.6 Å². The largest absolute Gasteiger partial charge is 0.633 e. The van der Waals surface area contributed by atoms with E-state index in [1.807, 2.05) is 0 Å². The van der Waals surface area contributed by atoms with Crippen LogP contribution < -0.4 is 9.47 Å². The van der Waals surface area contributed by atoms with Crippen LogP contribution in [0.5, 0.6) is 11.5 Å². The number of hydrogen-bond acceptors (Lipinski definition) is 4. The Morgan fingerprint density at radius 1 is 0.649 bits per heavy atom. The van der Waals surface area contributed by atoms with Crippen LogP contribution in [0.15, 0.2) is 6.07 Å². The molecule has 0 fully saturated rings. The summed E-state index contributed by atoms with van der Waals surface area (Å²) >= 11 is 0. The van der Waals surface area contributed by atoms with Crippen LogP contribution in [0.2, 0.25) is 0 Å². The molecule has 1 aromatic carbocycles. The molecular weight excluding hydrogens is 464 g/mol. The summed E-state index contributed by atoms with van der Waals surface area (Å²) in [6.07, 6.45) is 15.9. The lowest BCUT2D eigenvalue weighted by atomic mass is 9.94. The van der Waals surface area contributed by atoms with Crippen LogP contribution in [0.1, 0.15) is 115 Å². The molecule has 37 heavy (non-hydrogen) atoms. The molecule has 6 nitrogen and oxygen atoms in total. The van der Waals surface area contributed by atoms with Crippen molar-refractivity contribution in [3.8, 4) is 11.5 Å². The van der Waals surface area contributed by atoms with Crippen LogP contribution in [0.4, 0.5) is 0 Å². The van der Waals surface area contributed by atoms with Gasteiger partial charge in [-0.15, -0.1) is 0 Å². The van der Waals surface area contributed by atoms with Gasteiger partial charge in [0.05, 0.1) is 53.5 Å². The highest BCUT2D eigenvalue weighted by Gasteiger charge is 2.24. The number of hydroxylamine groups is 6. The van der Waals surface area contributed by atoms with Crippen molar-refractivity contribution < 1.29 is 18.8 Å². The first-order valence-electron chi connectivity index (χ1n) is 15.0. The van der Waals surface area contributed by atoms with E-state index in [0.717, 1.165) is 53.9 Å². The molecule has 6 heteroatoms. The van der Waals surface area contributed by atoms with Gasteiger partial charge >= 0.3 is 0 Å². The third kappa shape index (κ3) is 15.0. The van der Waals surface area contributed by atoms with E-state index in [2.05, 4.69) is 26.8 Å². The van der Waals surface area contributed by atoms with E-state index in [9.17, 15) is 10.4 Å². The van der Waals surface area contributed by atoms with E-state index in [-0.39, 0.29) is 4.65 Å². The maximum absolute atomic E-state index is 12.9. The molecule has 0 bridgehead atoms. The number of likely N-dealkylation sites (N-methyl/N-ethyl adjacent to an activating group) is 1. The van der Waals surface area contributed by atoms with Gasteiger partial charge in [0, 0.05) is 6.42 Å². The molecule has 0 saturated heterocycles. The molecule has 0 N–H and O–H groups in total. The molecule has 0 aliphatic carbocycles. The zero-order chi connectivity index (χ0) is 27.7. The first-order valence-corrected chi connectivity index (χ1v) is 15.0. The lowest BCUT2D eigenvalue weighted by Gasteiger charge is -2.37. The van der Waals surface area contributed by atoms with E-state index in [0.29, 0.717) is 32.7 Å². The van der Waals surface area contributed by atoms with Crippen molar-refractivity contribution in [2.75, 3.05) is 47.9 Å². The van der Waals surface area contributed by atoms with E-state index in [4.69, 9.17) is 9.47 Å². The summed E-state index contributed by atoms with van der Waals surface area (Å²) in [5.74, 6) is 1.49. The summed E-state index contributed by atoms with van der Waals surface area (Å²) in [6, 6.07) is 2.11. The van der Waals surface area contributed by atoms with E-state index in [1.54, 1.807) is 28.2 Å². The average Bonchev–Trinajstić information content (AvgIpc) is 2.81. The summed E-state index contributed by atoms with van der Waals surface area (Å²) in [5.41, 5.74) is 3.18. The minimum Gasteiger partial charge on any atom is -0.633 e. The lowest BCUT2D eigenvalue weighted by Crippen LogP contribution is -2.35. The molecule has 0 saturated carbocycles. The van der Waals surface area contributed by atoms with Gasteiger partial charge in [-0.3, -0.25) is 0 Å². The molecule has 0 heterocycles. The number of benzene rings is 1. The van der Waals surface area contributed by atoms with E-state index < -0.39 is 4.65 Å². The van der Waals surface area contributed by atoms with Crippen molar-refractivity contribution in [3.63, 3.8) is 0 Å². The van der Waals surface area contributed by atoms with E-state index >= 15 is 0 Å². The number of nitrogens with zero attached hydrogens (tertiary/aromatic N) is 2. The maximum atomic E-state index is 12.9. The van der Waals surface area contributed by atoms with Gasteiger partial charge in [0.1, 0.15) is 6.54 Å². The van der Waals surface area contributed by atoms with Crippen molar-refractivity contribution in [1.82, 2.24) is 0 Å².